The normalized spacial score (nSPS) is 71.2. The van der Waals surface area contributed by atoms with Gasteiger partial charge in [0, 0.05) is 23.7 Å². The van der Waals surface area contributed by atoms with Gasteiger partial charge in [-0.15, -0.1) is 0 Å². The summed E-state index contributed by atoms with van der Waals surface area (Å²) < 4.78 is 0. The minimum absolute atomic E-state index is 0.427. The SMILES string of the molecule is ON=C1[C@@H]2[C@H]3C[C@H]4[C@@H]2C(=NO)[C@@H]2[C@@H]1[C@H]3[C@@H]42. The van der Waals surface area contributed by atoms with E-state index in [1.165, 1.54) is 6.42 Å². The van der Waals surface area contributed by atoms with Crippen molar-refractivity contribution >= 4 is 11.4 Å². The van der Waals surface area contributed by atoms with Crippen LogP contribution in [0.25, 0.3) is 0 Å². The van der Waals surface area contributed by atoms with Crippen LogP contribution in [0.5, 0.6) is 0 Å². The number of rotatable bonds is 0. The number of hydrogen-bond donors (Lipinski definition) is 2. The lowest BCUT2D eigenvalue weighted by Gasteiger charge is -2.44. The van der Waals surface area contributed by atoms with Gasteiger partial charge in [-0.1, -0.05) is 10.3 Å². The van der Waals surface area contributed by atoms with Crippen LogP contribution >= 0.6 is 0 Å². The topological polar surface area (TPSA) is 65.2 Å². The van der Waals surface area contributed by atoms with Crippen LogP contribution in [-0.2, 0) is 0 Å². The molecule has 15 heavy (non-hydrogen) atoms. The Morgan fingerprint density at radius 2 is 1.27 bits per heavy atom. The quantitative estimate of drug-likeness (QED) is 0.457. The molecule has 5 rings (SSSR count). The van der Waals surface area contributed by atoms with Gasteiger partial charge in [-0.05, 0) is 30.1 Å². The Hall–Kier alpha value is -1.06. The maximum Gasteiger partial charge on any atom is 0.0651 e. The van der Waals surface area contributed by atoms with Gasteiger partial charge in [0.25, 0.3) is 0 Å². The van der Waals surface area contributed by atoms with Crippen LogP contribution < -0.4 is 0 Å². The summed E-state index contributed by atoms with van der Waals surface area (Å²) >= 11 is 0. The summed E-state index contributed by atoms with van der Waals surface area (Å²) in [5.41, 5.74) is 2.09. The Bertz CT molecular complexity index is 400. The Kier molecular flexibility index (Phi) is 0.874. The van der Waals surface area contributed by atoms with Crippen molar-refractivity contribution in [1.29, 1.82) is 0 Å². The van der Waals surface area contributed by atoms with Gasteiger partial charge in [-0.25, -0.2) is 0 Å². The number of oxime groups is 2. The van der Waals surface area contributed by atoms with Crippen LogP contribution in [0.15, 0.2) is 10.3 Å². The van der Waals surface area contributed by atoms with Crippen molar-refractivity contribution in [3.8, 4) is 0 Å². The maximum absolute atomic E-state index is 9.13. The first-order chi connectivity index (χ1) is 7.38. The first-order valence-electron chi connectivity index (χ1n) is 5.82. The van der Waals surface area contributed by atoms with Crippen molar-refractivity contribution in [2.45, 2.75) is 6.42 Å². The standard InChI is InChI=1S/C11H12N2O2/c14-12-10-6-2-1-3-5-4(2)8(10)9(5)11(13-15)7(3)6/h2-9,14-15H,1H2/t2-,3+,4-,5-,6+,7-,8+,9+/m1/s1. The van der Waals surface area contributed by atoms with Gasteiger partial charge in [0.1, 0.15) is 0 Å². The lowest BCUT2D eigenvalue weighted by molar-refractivity contribution is 0.0644. The van der Waals surface area contributed by atoms with E-state index < -0.39 is 0 Å². The fraction of sp³-hybridized carbons (Fsp3) is 0.818. The van der Waals surface area contributed by atoms with Crippen LogP contribution in [0.1, 0.15) is 6.42 Å². The van der Waals surface area contributed by atoms with Crippen molar-refractivity contribution in [2.24, 2.45) is 57.7 Å². The molecule has 5 saturated carbocycles. The molecule has 0 aromatic heterocycles. The fourth-order valence-corrected chi connectivity index (χ4v) is 6.13. The molecule has 0 spiro atoms. The van der Waals surface area contributed by atoms with E-state index in [0.29, 0.717) is 23.7 Å². The molecule has 0 heterocycles. The van der Waals surface area contributed by atoms with E-state index in [1.807, 2.05) is 0 Å². The molecule has 5 aliphatic carbocycles. The zero-order chi connectivity index (χ0) is 9.89. The molecule has 8 atom stereocenters. The van der Waals surface area contributed by atoms with Crippen molar-refractivity contribution in [3.05, 3.63) is 0 Å². The molecule has 0 unspecified atom stereocenters. The number of fused-ring (bicyclic) bond motifs is 2. The van der Waals surface area contributed by atoms with Crippen molar-refractivity contribution in [1.82, 2.24) is 0 Å². The van der Waals surface area contributed by atoms with Crippen LogP contribution in [0.2, 0.25) is 0 Å². The molecule has 4 heteroatoms. The van der Waals surface area contributed by atoms with Crippen molar-refractivity contribution < 1.29 is 10.4 Å². The summed E-state index contributed by atoms with van der Waals surface area (Å²) in [6.45, 7) is 0. The van der Waals surface area contributed by atoms with E-state index in [-0.39, 0.29) is 0 Å². The minimum atomic E-state index is 0.427. The van der Waals surface area contributed by atoms with Gasteiger partial charge in [0.2, 0.25) is 0 Å². The molecule has 0 saturated heterocycles. The molecule has 0 aromatic rings. The first-order valence-corrected chi connectivity index (χ1v) is 5.82. The zero-order valence-corrected chi connectivity index (χ0v) is 8.11. The summed E-state index contributed by atoms with van der Waals surface area (Å²) in [6.07, 6.45) is 1.29. The summed E-state index contributed by atoms with van der Waals surface area (Å²) in [4.78, 5) is 0. The average Bonchev–Trinajstić information content (AvgIpc) is 2.73. The molecule has 0 radical (unpaired) electrons. The fourth-order valence-electron chi connectivity index (χ4n) is 6.13. The monoisotopic (exact) mass is 204 g/mol. The van der Waals surface area contributed by atoms with Crippen molar-refractivity contribution in [3.63, 3.8) is 0 Å². The second-order valence-corrected chi connectivity index (χ2v) is 5.87. The molecule has 2 N–H and O–H groups in total. The maximum atomic E-state index is 9.13. The third-order valence-electron chi connectivity index (χ3n) is 6.10. The molecule has 5 aliphatic rings. The predicted octanol–water partition coefficient (Wildman–Crippen LogP) is 1.03. The summed E-state index contributed by atoms with van der Waals surface area (Å²) in [5, 5.41) is 25.4. The van der Waals surface area contributed by atoms with Gasteiger partial charge in [0.05, 0.1) is 11.4 Å². The molecule has 0 amide bonds. The largest absolute Gasteiger partial charge is 0.411 e. The summed E-state index contributed by atoms with van der Waals surface area (Å²) in [7, 11) is 0. The van der Waals surface area contributed by atoms with E-state index in [9.17, 15) is 0 Å². The third kappa shape index (κ3) is 0.446. The zero-order valence-electron chi connectivity index (χ0n) is 8.11. The highest BCUT2D eigenvalue weighted by molar-refractivity contribution is 6.10. The van der Waals surface area contributed by atoms with Crippen molar-refractivity contribution in [2.75, 3.05) is 0 Å². The highest BCUT2D eigenvalue weighted by Crippen LogP contribution is 2.80. The highest BCUT2D eigenvalue weighted by atomic mass is 16.4. The Balaban J connectivity index is 1.83. The third-order valence-corrected chi connectivity index (χ3v) is 6.10. The average molecular weight is 204 g/mol. The van der Waals surface area contributed by atoms with E-state index in [2.05, 4.69) is 10.3 Å². The lowest BCUT2D eigenvalue weighted by atomic mass is 9.59. The Labute approximate surface area is 86.6 Å². The van der Waals surface area contributed by atoms with Crippen LogP contribution in [0.3, 0.4) is 0 Å². The Morgan fingerprint density at radius 1 is 0.800 bits per heavy atom. The number of nitrogens with zero attached hydrogens (tertiary/aromatic N) is 2. The minimum Gasteiger partial charge on any atom is -0.411 e. The molecule has 0 aromatic carbocycles. The van der Waals surface area contributed by atoms with Gasteiger partial charge < -0.3 is 10.4 Å². The summed E-state index contributed by atoms with van der Waals surface area (Å²) in [5.74, 6) is 4.76. The predicted molar refractivity (Wildman–Crippen MR) is 51.0 cm³/mol. The molecule has 2 bridgehead atoms. The van der Waals surface area contributed by atoms with E-state index in [4.69, 9.17) is 10.4 Å². The van der Waals surface area contributed by atoms with Gasteiger partial charge in [0.15, 0.2) is 0 Å². The molecule has 0 aliphatic heterocycles. The van der Waals surface area contributed by atoms with Crippen LogP contribution in [-0.4, -0.2) is 21.8 Å². The summed E-state index contributed by atoms with van der Waals surface area (Å²) in [6, 6.07) is 0. The Morgan fingerprint density at radius 3 is 1.67 bits per heavy atom. The molecule has 5 fully saturated rings. The molecule has 4 nitrogen and oxygen atoms in total. The van der Waals surface area contributed by atoms with E-state index in [0.717, 1.165) is 35.1 Å². The molecular formula is C11H12N2O2. The smallest absolute Gasteiger partial charge is 0.0651 e. The van der Waals surface area contributed by atoms with Crippen LogP contribution in [0, 0.1) is 47.3 Å². The van der Waals surface area contributed by atoms with Gasteiger partial charge in [-0.3, -0.25) is 0 Å². The van der Waals surface area contributed by atoms with Crippen LogP contribution in [0.4, 0.5) is 0 Å². The number of hydrogen-bond acceptors (Lipinski definition) is 4. The van der Waals surface area contributed by atoms with E-state index in [1.54, 1.807) is 0 Å². The highest BCUT2D eigenvalue weighted by Gasteiger charge is 2.82. The second-order valence-electron chi connectivity index (χ2n) is 5.87. The van der Waals surface area contributed by atoms with Gasteiger partial charge in [-0.2, -0.15) is 0 Å². The molecule has 78 valence electrons. The molecular weight excluding hydrogens is 192 g/mol. The van der Waals surface area contributed by atoms with E-state index >= 15 is 0 Å². The van der Waals surface area contributed by atoms with Gasteiger partial charge >= 0.3 is 0 Å². The second kappa shape index (κ2) is 1.81. The lowest BCUT2D eigenvalue weighted by Crippen LogP contribution is -2.48. The first kappa shape index (κ1) is 7.25.